The maximum Gasteiger partial charge on any atom is 0.263 e. The molecule has 0 radical (unpaired) electrons. The molecule has 0 unspecified atom stereocenters. The van der Waals surface area contributed by atoms with Gasteiger partial charge in [-0.25, -0.2) is 0 Å². The highest BCUT2D eigenvalue weighted by Gasteiger charge is 2.15. The van der Waals surface area contributed by atoms with Crippen molar-refractivity contribution >= 4 is 16.8 Å². The van der Waals surface area contributed by atoms with Gasteiger partial charge in [0.05, 0.1) is 5.52 Å². The number of para-hydroxylation sites is 1. The van der Waals surface area contributed by atoms with Gasteiger partial charge in [0.2, 0.25) is 0 Å². The van der Waals surface area contributed by atoms with Gasteiger partial charge in [0.1, 0.15) is 5.56 Å². The molecule has 0 bridgehead atoms. The van der Waals surface area contributed by atoms with E-state index in [2.05, 4.69) is 10.2 Å². The summed E-state index contributed by atoms with van der Waals surface area (Å²) in [6, 6.07) is 9.27. The summed E-state index contributed by atoms with van der Waals surface area (Å²) in [7, 11) is 1.70. The average molecular weight is 299 g/mol. The largest absolute Gasteiger partial charge is 0.351 e. The fourth-order valence-electron chi connectivity index (χ4n) is 3.01. The summed E-state index contributed by atoms with van der Waals surface area (Å²) in [5, 5.41) is 3.76. The van der Waals surface area contributed by atoms with Crippen molar-refractivity contribution in [1.82, 2.24) is 14.8 Å². The number of hydrogen-bond donors (Lipinski definition) is 1. The van der Waals surface area contributed by atoms with E-state index in [9.17, 15) is 9.59 Å². The van der Waals surface area contributed by atoms with Gasteiger partial charge in [0, 0.05) is 20.1 Å². The summed E-state index contributed by atoms with van der Waals surface area (Å²) < 4.78 is 1.53. The number of nitrogens with zero attached hydrogens (tertiary/aromatic N) is 2. The molecule has 0 saturated carbocycles. The number of likely N-dealkylation sites (tertiary alicyclic amines) is 1. The van der Waals surface area contributed by atoms with Gasteiger partial charge < -0.3 is 14.8 Å². The number of fused-ring (bicyclic) bond motifs is 1. The average Bonchev–Trinajstić information content (AvgIpc) is 3.04. The van der Waals surface area contributed by atoms with E-state index in [1.165, 1.54) is 17.4 Å². The van der Waals surface area contributed by atoms with Gasteiger partial charge in [-0.15, -0.1) is 0 Å². The van der Waals surface area contributed by atoms with E-state index in [0.29, 0.717) is 6.54 Å². The lowest BCUT2D eigenvalue weighted by atomic mass is 10.1. The number of benzene rings is 1. The van der Waals surface area contributed by atoms with Crippen LogP contribution in [0, 0.1) is 0 Å². The van der Waals surface area contributed by atoms with E-state index in [-0.39, 0.29) is 17.0 Å². The summed E-state index contributed by atoms with van der Waals surface area (Å²) in [4.78, 5) is 27.0. The lowest BCUT2D eigenvalue weighted by Gasteiger charge is -2.15. The van der Waals surface area contributed by atoms with E-state index in [1.54, 1.807) is 13.1 Å². The van der Waals surface area contributed by atoms with Gasteiger partial charge >= 0.3 is 0 Å². The summed E-state index contributed by atoms with van der Waals surface area (Å²) in [6.45, 7) is 3.63. The standard InChI is InChI=1S/C17H21N3O2/c1-19-15-7-3-2-6-13(15)12-14(17(19)22)16(21)18-8-11-20-9-4-5-10-20/h2-3,6-7,12H,4-5,8-11H2,1H3,(H,18,21). The summed E-state index contributed by atoms with van der Waals surface area (Å²) in [6.07, 6.45) is 2.47. The van der Waals surface area contributed by atoms with Gasteiger partial charge in [0.25, 0.3) is 11.5 Å². The zero-order chi connectivity index (χ0) is 15.5. The van der Waals surface area contributed by atoms with Crippen LogP contribution in [0.15, 0.2) is 35.1 Å². The van der Waals surface area contributed by atoms with E-state index < -0.39 is 0 Å². The van der Waals surface area contributed by atoms with Crippen LogP contribution in [0.4, 0.5) is 0 Å². The van der Waals surface area contributed by atoms with Crippen molar-refractivity contribution in [1.29, 1.82) is 0 Å². The topological polar surface area (TPSA) is 54.3 Å². The van der Waals surface area contributed by atoms with E-state index in [4.69, 9.17) is 0 Å². The molecule has 5 heteroatoms. The second kappa shape index (κ2) is 6.32. The molecular weight excluding hydrogens is 278 g/mol. The lowest BCUT2D eigenvalue weighted by molar-refractivity contribution is 0.0948. The molecule has 1 fully saturated rings. The normalized spacial score (nSPS) is 15.3. The Bertz CT molecular complexity index is 745. The number of aromatic nitrogens is 1. The van der Waals surface area contributed by atoms with Crippen LogP contribution in [0.2, 0.25) is 0 Å². The number of pyridine rings is 1. The third-order valence-corrected chi connectivity index (χ3v) is 4.29. The zero-order valence-electron chi connectivity index (χ0n) is 12.8. The van der Waals surface area contributed by atoms with Crippen LogP contribution in [0.25, 0.3) is 10.9 Å². The molecule has 1 aliphatic rings. The number of aryl methyl sites for hydroxylation is 1. The van der Waals surface area contributed by atoms with E-state index >= 15 is 0 Å². The molecule has 0 atom stereocenters. The number of carbonyl (C=O) groups excluding carboxylic acids is 1. The predicted molar refractivity (Wildman–Crippen MR) is 87.2 cm³/mol. The molecule has 116 valence electrons. The van der Waals surface area contributed by atoms with Gasteiger partial charge in [-0.1, -0.05) is 18.2 Å². The van der Waals surface area contributed by atoms with Crippen molar-refractivity contribution in [2.24, 2.45) is 7.05 Å². The van der Waals surface area contributed by atoms with Crippen molar-refractivity contribution in [3.05, 3.63) is 46.2 Å². The Kier molecular flexibility index (Phi) is 4.24. The molecule has 2 aromatic rings. The number of rotatable bonds is 4. The Hall–Kier alpha value is -2.14. The molecule has 0 spiro atoms. The number of nitrogens with one attached hydrogen (secondary N) is 1. The minimum Gasteiger partial charge on any atom is -0.351 e. The molecule has 1 aromatic heterocycles. The maximum absolute atomic E-state index is 12.3. The fourth-order valence-corrected chi connectivity index (χ4v) is 3.01. The third kappa shape index (κ3) is 2.90. The van der Waals surface area contributed by atoms with Crippen LogP contribution in [-0.2, 0) is 7.05 Å². The number of amides is 1. The van der Waals surface area contributed by atoms with E-state index in [1.807, 2.05) is 24.3 Å². The van der Waals surface area contributed by atoms with Crippen LogP contribution < -0.4 is 10.9 Å². The molecule has 5 nitrogen and oxygen atoms in total. The molecule has 1 saturated heterocycles. The first-order valence-corrected chi connectivity index (χ1v) is 7.76. The maximum atomic E-state index is 12.3. The molecular formula is C17H21N3O2. The van der Waals surface area contributed by atoms with Crippen LogP contribution in [0.1, 0.15) is 23.2 Å². The highest BCUT2D eigenvalue weighted by atomic mass is 16.2. The van der Waals surface area contributed by atoms with Gasteiger partial charge in [-0.3, -0.25) is 9.59 Å². The van der Waals surface area contributed by atoms with Crippen molar-refractivity contribution in [2.75, 3.05) is 26.2 Å². The Morgan fingerprint density at radius 2 is 1.95 bits per heavy atom. The number of carbonyl (C=O) groups is 1. The summed E-state index contributed by atoms with van der Waals surface area (Å²) in [5.41, 5.74) is 0.793. The monoisotopic (exact) mass is 299 g/mol. The van der Waals surface area contributed by atoms with Gasteiger partial charge in [0.15, 0.2) is 0 Å². The van der Waals surface area contributed by atoms with Crippen LogP contribution in [0.5, 0.6) is 0 Å². The lowest BCUT2D eigenvalue weighted by Crippen LogP contribution is -2.36. The molecule has 1 aliphatic heterocycles. The summed E-state index contributed by atoms with van der Waals surface area (Å²) >= 11 is 0. The first kappa shape index (κ1) is 14.8. The van der Waals surface area contributed by atoms with Crippen LogP contribution >= 0.6 is 0 Å². The quantitative estimate of drug-likeness (QED) is 0.927. The Balaban J connectivity index is 1.75. The molecule has 2 heterocycles. The molecule has 1 amide bonds. The van der Waals surface area contributed by atoms with Crippen LogP contribution in [0.3, 0.4) is 0 Å². The minimum atomic E-state index is -0.287. The second-order valence-electron chi connectivity index (χ2n) is 5.79. The minimum absolute atomic E-state index is 0.211. The predicted octanol–water partition coefficient (Wildman–Crippen LogP) is 1.36. The highest BCUT2D eigenvalue weighted by Crippen LogP contribution is 2.12. The molecule has 22 heavy (non-hydrogen) atoms. The van der Waals surface area contributed by atoms with E-state index in [0.717, 1.165) is 30.5 Å². The molecule has 0 aliphatic carbocycles. The van der Waals surface area contributed by atoms with Gasteiger partial charge in [-0.2, -0.15) is 0 Å². The van der Waals surface area contributed by atoms with Crippen molar-refractivity contribution in [2.45, 2.75) is 12.8 Å². The molecule has 1 N–H and O–H groups in total. The van der Waals surface area contributed by atoms with Gasteiger partial charge in [-0.05, 0) is 43.5 Å². The molecule has 1 aromatic carbocycles. The Morgan fingerprint density at radius 3 is 2.73 bits per heavy atom. The zero-order valence-corrected chi connectivity index (χ0v) is 12.8. The fraction of sp³-hybridized carbons (Fsp3) is 0.412. The highest BCUT2D eigenvalue weighted by molar-refractivity contribution is 5.97. The van der Waals surface area contributed by atoms with Crippen molar-refractivity contribution in [3.63, 3.8) is 0 Å². The SMILES string of the molecule is Cn1c(=O)c(C(=O)NCCN2CCCC2)cc2ccccc21. The molecule has 3 rings (SSSR count). The second-order valence-corrected chi connectivity index (χ2v) is 5.79. The Labute approximate surface area is 129 Å². The smallest absolute Gasteiger partial charge is 0.263 e. The summed E-state index contributed by atoms with van der Waals surface area (Å²) in [5.74, 6) is -0.287. The number of hydrogen-bond acceptors (Lipinski definition) is 3. The Morgan fingerprint density at radius 1 is 1.23 bits per heavy atom. The third-order valence-electron chi connectivity index (χ3n) is 4.29. The first-order chi connectivity index (χ1) is 10.7. The van der Waals surface area contributed by atoms with Crippen molar-refractivity contribution < 1.29 is 4.79 Å². The van der Waals surface area contributed by atoms with Crippen LogP contribution in [-0.4, -0.2) is 41.6 Å². The van der Waals surface area contributed by atoms with Crippen molar-refractivity contribution in [3.8, 4) is 0 Å². The first-order valence-electron chi connectivity index (χ1n) is 7.76.